The molecule has 1 aromatic heterocycles. The molecule has 0 unspecified atom stereocenters. The fourth-order valence-corrected chi connectivity index (χ4v) is 1.46. The van der Waals surface area contributed by atoms with Gasteiger partial charge in [0.2, 0.25) is 0 Å². The molecule has 0 bridgehead atoms. The summed E-state index contributed by atoms with van der Waals surface area (Å²) < 4.78 is 0. The van der Waals surface area contributed by atoms with Crippen LogP contribution in [0, 0.1) is 6.20 Å². The maximum atomic E-state index is 4.24. The Morgan fingerprint density at radius 2 is 2.07 bits per heavy atom. The van der Waals surface area contributed by atoms with Gasteiger partial charge >= 0.3 is 0 Å². The van der Waals surface area contributed by atoms with Crippen LogP contribution in [0.1, 0.15) is 12.5 Å². The van der Waals surface area contributed by atoms with Crippen molar-refractivity contribution >= 4 is 0 Å². The lowest BCUT2D eigenvalue weighted by Gasteiger charge is -2.04. The Morgan fingerprint density at radius 3 is 2.79 bits per heavy atom. The van der Waals surface area contributed by atoms with E-state index < -0.39 is 0 Å². The highest BCUT2D eigenvalue weighted by atomic mass is 14.8. The number of rotatable bonds is 2. The maximum Gasteiger partial charge on any atom is 0.117 e. The van der Waals surface area contributed by atoms with Crippen LogP contribution in [0.5, 0.6) is 0 Å². The summed E-state index contributed by atoms with van der Waals surface area (Å²) in [5.74, 6) is 0. The monoisotopic (exact) mass is 183 g/mol. The molecule has 0 saturated heterocycles. The first-order valence-electron chi connectivity index (χ1n) is 4.68. The first-order chi connectivity index (χ1) is 6.92. The van der Waals surface area contributed by atoms with E-state index in [1.54, 1.807) is 12.4 Å². The molecular formula is C12H11N2. The molecule has 1 heterocycles. The second-order valence-electron chi connectivity index (χ2n) is 3.03. The van der Waals surface area contributed by atoms with Gasteiger partial charge in [-0.05, 0) is 12.0 Å². The third kappa shape index (κ3) is 1.64. The van der Waals surface area contributed by atoms with Crippen molar-refractivity contribution < 1.29 is 0 Å². The smallest absolute Gasteiger partial charge is 0.117 e. The molecule has 0 amide bonds. The van der Waals surface area contributed by atoms with Gasteiger partial charge in [0.05, 0.1) is 5.69 Å². The fraction of sp³-hybridized carbons (Fsp3) is 0.167. The number of aryl methyl sites for hydroxylation is 1. The van der Waals surface area contributed by atoms with Crippen molar-refractivity contribution in [1.82, 2.24) is 9.97 Å². The molecule has 2 nitrogen and oxygen atoms in total. The molecule has 2 aromatic rings. The van der Waals surface area contributed by atoms with Crippen LogP contribution in [0.3, 0.4) is 0 Å². The van der Waals surface area contributed by atoms with Crippen molar-refractivity contribution in [3.05, 3.63) is 48.4 Å². The van der Waals surface area contributed by atoms with Crippen molar-refractivity contribution in [2.45, 2.75) is 13.3 Å². The average molecular weight is 183 g/mol. The zero-order chi connectivity index (χ0) is 9.80. The predicted octanol–water partition coefficient (Wildman–Crippen LogP) is 2.51. The molecule has 69 valence electrons. The molecule has 0 atom stereocenters. The molecule has 0 aliphatic carbocycles. The fourth-order valence-electron chi connectivity index (χ4n) is 1.46. The highest BCUT2D eigenvalue weighted by molar-refractivity contribution is 5.62. The summed E-state index contributed by atoms with van der Waals surface area (Å²) in [6.45, 7) is 2.13. The SMILES string of the molecule is CCc1ccccc1-c1[c]nccn1. The molecule has 0 saturated carbocycles. The molecule has 2 heteroatoms. The van der Waals surface area contributed by atoms with Crippen LogP contribution in [0.2, 0.25) is 0 Å². The summed E-state index contributed by atoms with van der Waals surface area (Å²) >= 11 is 0. The third-order valence-electron chi connectivity index (χ3n) is 2.17. The quantitative estimate of drug-likeness (QED) is 0.715. The lowest BCUT2D eigenvalue weighted by Crippen LogP contribution is -1.90. The molecule has 1 radical (unpaired) electrons. The van der Waals surface area contributed by atoms with Crippen LogP contribution in [-0.2, 0) is 6.42 Å². The zero-order valence-electron chi connectivity index (χ0n) is 8.07. The predicted molar refractivity (Wildman–Crippen MR) is 55.7 cm³/mol. The zero-order valence-corrected chi connectivity index (χ0v) is 8.07. The van der Waals surface area contributed by atoms with E-state index in [4.69, 9.17) is 0 Å². The third-order valence-corrected chi connectivity index (χ3v) is 2.17. The van der Waals surface area contributed by atoms with Crippen molar-refractivity contribution in [2.75, 3.05) is 0 Å². The maximum absolute atomic E-state index is 4.24. The van der Waals surface area contributed by atoms with Gasteiger partial charge in [-0.2, -0.15) is 0 Å². The van der Waals surface area contributed by atoms with E-state index in [9.17, 15) is 0 Å². The average Bonchev–Trinajstić information content (AvgIpc) is 2.30. The lowest BCUT2D eigenvalue weighted by atomic mass is 10.0. The van der Waals surface area contributed by atoms with E-state index in [-0.39, 0.29) is 0 Å². The summed E-state index contributed by atoms with van der Waals surface area (Å²) in [6, 6.07) is 8.22. The number of benzene rings is 1. The van der Waals surface area contributed by atoms with E-state index in [0.717, 1.165) is 17.7 Å². The molecule has 0 fully saturated rings. The second-order valence-corrected chi connectivity index (χ2v) is 3.03. The Labute approximate surface area is 83.7 Å². The van der Waals surface area contributed by atoms with E-state index in [0.29, 0.717) is 0 Å². The van der Waals surface area contributed by atoms with Gasteiger partial charge in [-0.1, -0.05) is 31.2 Å². The number of nitrogens with zero attached hydrogens (tertiary/aromatic N) is 2. The van der Waals surface area contributed by atoms with Crippen LogP contribution >= 0.6 is 0 Å². The molecule has 0 aliphatic heterocycles. The van der Waals surface area contributed by atoms with Gasteiger partial charge in [0, 0.05) is 18.0 Å². The molecule has 2 rings (SSSR count). The van der Waals surface area contributed by atoms with E-state index in [1.807, 2.05) is 12.1 Å². The highest BCUT2D eigenvalue weighted by Gasteiger charge is 2.03. The van der Waals surface area contributed by atoms with Crippen molar-refractivity contribution in [2.24, 2.45) is 0 Å². The normalized spacial score (nSPS) is 10.1. The van der Waals surface area contributed by atoms with Crippen LogP contribution in [0.15, 0.2) is 36.7 Å². The molecule has 1 aromatic carbocycles. The Hall–Kier alpha value is -1.70. The molecule has 0 aliphatic rings. The number of aromatic nitrogens is 2. The molecule has 0 N–H and O–H groups in total. The first-order valence-corrected chi connectivity index (χ1v) is 4.68. The first kappa shape index (κ1) is 8.88. The van der Waals surface area contributed by atoms with E-state index in [1.165, 1.54) is 5.56 Å². The number of hydrogen-bond donors (Lipinski definition) is 0. The molecule has 14 heavy (non-hydrogen) atoms. The summed E-state index contributed by atoms with van der Waals surface area (Å²) in [4.78, 5) is 8.19. The minimum absolute atomic E-state index is 0.824. The topological polar surface area (TPSA) is 25.8 Å². The lowest BCUT2D eigenvalue weighted by molar-refractivity contribution is 1.12. The molecule has 0 spiro atoms. The summed E-state index contributed by atoms with van der Waals surface area (Å²) in [5.41, 5.74) is 3.23. The van der Waals surface area contributed by atoms with Crippen LogP contribution < -0.4 is 0 Å². The summed E-state index contributed by atoms with van der Waals surface area (Å²) in [7, 11) is 0. The Morgan fingerprint density at radius 1 is 1.21 bits per heavy atom. The van der Waals surface area contributed by atoms with Crippen molar-refractivity contribution in [3.63, 3.8) is 0 Å². The van der Waals surface area contributed by atoms with Gasteiger partial charge in [-0.25, -0.2) is 0 Å². The Balaban J connectivity index is 2.51. The van der Waals surface area contributed by atoms with E-state index in [2.05, 4.69) is 35.2 Å². The van der Waals surface area contributed by atoms with Gasteiger partial charge in [-0.15, -0.1) is 0 Å². The Kier molecular flexibility index (Phi) is 2.54. The summed E-state index contributed by atoms with van der Waals surface area (Å²) in [6.07, 6.45) is 7.23. The molecular weight excluding hydrogens is 172 g/mol. The standard InChI is InChI=1S/C12H11N2/c1-2-10-5-3-4-6-11(10)12-9-13-7-8-14-12/h3-8H,2H2,1H3. The Bertz CT molecular complexity index is 410. The van der Waals surface area contributed by atoms with Crippen LogP contribution in [-0.4, -0.2) is 9.97 Å². The van der Waals surface area contributed by atoms with E-state index >= 15 is 0 Å². The highest BCUT2D eigenvalue weighted by Crippen LogP contribution is 2.20. The van der Waals surface area contributed by atoms with Gasteiger partial charge in [0.1, 0.15) is 6.20 Å². The van der Waals surface area contributed by atoms with Crippen LogP contribution in [0.4, 0.5) is 0 Å². The van der Waals surface area contributed by atoms with Gasteiger partial charge < -0.3 is 0 Å². The minimum Gasteiger partial charge on any atom is -0.252 e. The van der Waals surface area contributed by atoms with Crippen LogP contribution in [0.25, 0.3) is 11.3 Å². The largest absolute Gasteiger partial charge is 0.252 e. The van der Waals surface area contributed by atoms with Gasteiger partial charge in [0.15, 0.2) is 0 Å². The van der Waals surface area contributed by atoms with Crippen molar-refractivity contribution in [1.29, 1.82) is 0 Å². The number of hydrogen-bond acceptors (Lipinski definition) is 2. The minimum atomic E-state index is 0.824. The second kappa shape index (κ2) is 4.01. The summed E-state index contributed by atoms with van der Waals surface area (Å²) in [5, 5.41) is 0. The van der Waals surface area contributed by atoms with Gasteiger partial charge in [0.25, 0.3) is 0 Å². The van der Waals surface area contributed by atoms with Gasteiger partial charge in [-0.3, -0.25) is 9.97 Å². The van der Waals surface area contributed by atoms with Crippen molar-refractivity contribution in [3.8, 4) is 11.3 Å².